The van der Waals surface area contributed by atoms with Crippen LogP contribution in [0.2, 0.25) is 0 Å². The van der Waals surface area contributed by atoms with Gasteiger partial charge in [-0.25, -0.2) is 4.98 Å². The van der Waals surface area contributed by atoms with Crippen molar-refractivity contribution in [1.82, 2.24) is 9.55 Å². The fourth-order valence-corrected chi connectivity index (χ4v) is 3.55. The van der Waals surface area contributed by atoms with E-state index in [4.69, 9.17) is 0 Å². The summed E-state index contributed by atoms with van der Waals surface area (Å²) in [5.74, 6) is 0.388. The summed E-state index contributed by atoms with van der Waals surface area (Å²) in [6.07, 6.45) is 3.71. The molecule has 3 aromatic rings. The molecule has 0 saturated carbocycles. The highest BCUT2D eigenvalue weighted by atomic mass is 32.2. The van der Waals surface area contributed by atoms with Crippen LogP contribution < -0.4 is 4.90 Å². The number of hydrogen-bond acceptors (Lipinski definition) is 3. The monoisotopic (exact) mass is 351 g/mol. The van der Waals surface area contributed by atoms with Crippen molar-refractivity contribution < 1.29 is 4.79 Å². The Kier molecular flexibility index (Phi) is 5.24. The van der Waals surface area contributed by atoms with Crippen LogP contribution in [0.25, 0.3) is 5.69 Å². The van der Waals surface area contributed by atoms with Crippen LogP contribution in [0.15, 0.2) is 66.1 Å². The Hall–Kier alpha value is -2.53. The Morgan fingerprint density at radius 1 is 1.16 bits per heavy atom. The SMILES string of the molecule is Cc1ccc(-n2ccnc2SCC(=O)N(C)c2ccccc2)c(C)c1. The molecule has 0 aliphatic carbocycles. The van der Waals surface area contributed by atoms with Gasteiger partial charge in [0.1, 0.15) is 0 Å². The first-order valence-corrected chi connectivity index (χ1v) is 9.10. The van der Waals surface area contributed by atoms with Crippen molar-refractivity contribution in [3.05, 3.63) is 72.1 Å². The van der Waals surface area contributed by atoms with Crippen LogP contribution in [0, 0.1) is 13.8 Å². The zero-order valence-electron chi connectivity index (χ0n) is 14.6. The van der Waals surface area contributed by atoms with Crippen LogP contribution in [0.1, 0.15) is 11.1 Å². The lowest BCUT2D eigenvalue weighted by atomic mass is 10.1. The minimum Gasteiger partial charge on any atom is -0.315 e. The molecule has 3 rings (SSSR count). The van der Waals surface area contributed by atoms with Gasteiger partial charge < -0.3 is 4.90 Å². The second-order valence-electron chi connectivity index (χ2n) is 5.95. The van der Waals surface area contributed by atoms with Crippen LogP contribution in [0.5, 0.6) is 0 Å². The third-order valence-electron chi connectivity index (χ3n) is 4.06. The third-order valence-corrected chi connectivity index (χ3v) is 5.01. The van der Waals surface area contributed by atoms with Crippen molar-refractivity contribution in [2.24, 2.45) is 0 Å². The standard InChI is InChI=1S/C20H21N3OS/c1-15-9-10-18(16(2)13-15)23-12-11-21-20(23)25-14-19(24)22(3)17-7-5-4-6-8-17/h4-13H,14H2,1-3H3. The van der Waals surface area contributed by atoms with E-state index in [-0.39, 0.29) is 5.91 Å². The summed E-state index contributed by atoms with van der Waals surface area (Å²) in [5.41, 5.74) is 4.41. The number of rotatable bonds is 5. The predicted molar refractivity (Wildman–Crippen MR) is 104 cm³/mol. The summed E-state index contributed by atoms with van der Waals surface area (Å²) in [6, 6.07) is 16.0. The Labute approximate surface area is 152 Å². The molecular formula is C20H21N3OS. The molecule has 0 atom stereocenters. The average molecular weight is 351 g/mol. The fraction of sp³-hybridized carbons (Fsp3) is 0.200. The second-order valence-corrected chi connectivity index (χ2v) is 6.89. The molecular weight excluding hydrogens is 330 g/mol. The maximum Gasteiger partial charge on any atom is 0.237 e. The second kappa shape index (κ2) is 7.57. The summed E-state index contributed by atoms with van der Waals surface area (Å²) in [5, 5.41) is 0.821. The highest BCUT2D eigenvalue weighted by Crippen LogP contribution is 2.24. The number of hydrogen-bond donors (Lipinski definition) is 0. The third kappa shape index (κ3) is 3.94. The molecule has 0 radical (unpaired) electrons. The number of aryl methyl sites for hydroxylation is 2. The maximum absolute atomic E-state index is 12.5. The first-order chi connectivity index (χ1) is 12.1. The van der Waals surface area contributed by atoms with Crippen LogP contribution in [0.4, 0.5) is 5.69 Å². The summed E-state index contributed by atoms with van der Waals surface area (Å²) in [4.78, 5) is 18.6. The molecule has 0 aliphatic rings. The number of para-hydroxylation sites is 1. The lowest BCUT2D eigenvalue weighted by Crippen LogP contribution is -2.27. The van der Waals surface area contributed by atoms with Gasteiger partial charge in [0, 0.05) is 25.1 Å². The van der Waals surface area contributed by atoms with Crippen molar-refractivity contribution in [1.29, 1.82) is 0 Å². The van der Waals surface area contributed by atoms with Gasteiger partial charge in [-0.1, -0.05) is 47.7 Å². The molecule has 0 N–H and O–H groups in total. The van der Waals surface area contributed by atoms with Crippen molar-refractivity contribution >= 4 is 23.4 Å². The van der Waals surface area contributed by atoms with E-state index >= 15 is 0 Å². The molecule has 2 aromatic carbocycles. The van der Waals surface area contributed by atoms with Crippen LogP contribution in [0.3, 0.4) is 0 Å². The highest BCUT2D eigenvalue weighted by Gasteiger charge is 2.14. The van der Waals surface area contributed by atoms with Gasteiger partial charge in [0.15, 0.2) is 5.16 Å². The summed E-state index contributed by atoms with van der Waals surface area (Å²) in [7, 11) is 1.80. The average Bonchev–Trinajstić information content (AvgIpc) is 3.08. The summed E-state index contributed by atoms with van der Waals surface area (Å²) >= 11 is 1.45. The fourth-order valence-electron chi connectivity index (χ4n) is 2.67. The first-order valence-electron chi connectivity index (χ1n) is 8.11. The number of thioether (sulfide) groups is 1. The van der Waals surface area contributed by atoms with Gasteiger partial charge in [-0.2, -0.15) is 0 Å². The van der Waals surface area contributed by atoms with E-state index in [1.54, 1.807) is 18.1 Å². The molecule has 0 spiro atoms. The smallest absolute Gasteiger partial charge is 0.237 e. The van der Waals surface area contributed by atoms with Gasteiger partial charge in [0.25, 0.3) is 0 Å². The molecule has 0 unspecified atom stereocenters. The molecule has 0 fully saturated rings. The minimum atomic E-state index is 0.0476. The number of imidazole rings is 1. The van der Waals surface area contributed by atoms with Gasteiger partial charge in [-0.05, 0) is 37.6 Å². The number of carbonyl (C=O) groups excluding carboxylic acids is 1. The number of amides is 1. The number of carbonyl (C=O) groups is 1. The topological polar surface area (TPSA) is 38.1 Å². The highest BCUT2D eigenvalue weighted by molar-refractivity contribution is 7.99. The molecule has 128 valence electrons. The quantitative estimate of drug-likeness (QED) is 0.645. The Morgan fingerprint density at radius 2 is 1.92 bits per heavy atom. The van der Waals surface area contributed by atoms with E-state index in [2.05, 4.69) is 37.0 Å². The molecule has 1 heterocycles. The van der Waals surface area contributed by atoms with E-state index in [0.29, 0.717) is 5.75 Å². The summed E-state index contributed by atoms with van der Waals surface area (Å²) < 4.78 is 2.04. The molecule has 1 aromatic heterocycles. The zero-order valence-corrected chi connectivity index (χ0v) is 15.5. The van der Waals surface area contributed by atoms with Gasteiger partial charge in [0.05, 0.1) is 11.4 Å². The molecule has 1 amide bonds. The van der Waals surface area contributed by atoms with E-state index < -0.39 is 0 Å². The molecule has 4 nitrogen and oxygen atoms in total. The van der Waals surface area contributed by atoms with Crippen LogP contribution in [-0.2, 0) is 4.79 Å². The van der Waals surface area contributed by atoms with Crippen LogP contribution in [-0.4, -0.2) is 28.3 Å². The lowest BCUT2D eigenvalue weighted by Gasteiger charge is -2.17. The van der Waals surface area contributed by atoms with Crippen molar-refractivity contribution in [2.45, 2.75) is 19.0 Å². The van der Waals surface area contributed by atoms with Gasteiger partial charge >= 0.3 is 0 Å². The van der Waals surface area contributed by atoms with Crippen molar-refractivity contribution in [3.8, 4) is 5.69 Å². The Morgan fingerprint density at radius 3 is 2.64 bits per heavy atom. The molecule has 0 bridgehead atoms. The summed E-state index contributed by atoms with van der Waals surface area (Å²) in [6.45, 7) is 4.17. The van der Waals surface area contributed by atoms with Crippen molar-refractivity contribution in [2.75, 3.05) is 17.7 Å². The predicted octanol–water partition coefficient (Wildman–Crippen LogP) is 4.24. The van der Waals surface area contributed by atoms with Gasteiger partial charge in [-0.15, -0.1) is 0 Å². The van der Waals surface area contributed by atoms with E-state index in [0.717, 1.165) is 16.5 Å². The van der Waals surface area contributed by atoms with Gasteiger partial charge in [-0.3, -0.25) is 9.36 Å². The normalized spacial score (nSPS) is 10.7. The number of nitrogens with zero attached hydrogens (tertiary/aromatic N) is 3. The largest absolute Gasteiger partial charge is 0.315 e. The van der Waals surface area contributed by atoms with Gasteiger partial charge in [0.2, 0.25) is 5.91 Å². The number of benzene rings is 2. The minimum absolute atomic E-state index is 0.0476. The number of aromatic nitrogens is 2. The molecule has 0 aliphatic heterocycles. The van der Waals surface area contributed by atoms with E-state index in [9.17, 15) is 4.79 Å². The van der Waals surface area contributed by atoms with Crippen LogP contribution >= 0.6 is 11.8 Å². The Bertz CT molecular complexity index is 874. The molecule has 5 heteroatoms. The first kappa shape index (κ1) is 17.3. The van der Waals surface area contributed by atoms with E-state index in [1.165, 1.54) is 22.9 Å². The van der Waals surface area contributed by atoms with Crippen molar-refractivity contribution in [3.63, 3.8) is 0 Å². The number of anilines is 1. The van der Waals surface area contributed by atoms with E-state index in [1.807, 2.05) is 41.1 Å². The maximum atomic E-state index is 12.5. The molecule has 0 saturated heterocycles. The Balaban J connectivity index is 1.73. The molecule has 25 heavy (non-hydrogen) atoms. The lowest BCUT2D eigenvalue weighted by molar-refractivity contribution is -0.115. The zero-order chi connectivity index (χ0) is 17.8.